The van der Waals surface area contributed by atoms with Crippen LogP contribution >= 0.6 is 0 Å². The van der Waals surface area contributed by atoms with E-state index in [-0.39, 0.29) is 23.5 Å². The van der Waals surface area contributed by atoms with Gasteiger partial charge in [-0.15, -0.1) is 0 Å². The molecule has 3 aromatic heterocycles. The molecule has 0 spiro atoms. The lowest BCUT2D eigenvalue weighted by molar-refractivity contribution is 0.204. The molecule has 0 aliphatic carbocycles. The number of aromatic amines is 1. The van der Waals surface area contributed by atoms with E-state index in [9.17, 15) is 18.4 Å². The topological polar surface area (TPSA) is 62.5 Å². The van der Waals surface area contributed by atoms with E-state index in [0.29, 0.717) is 17.9 Å². The molecule has 1 unspecified atom stereocenters. The second-order valence-corrected chi connectivity index (χ2v) is 10.3. The molecule has 0 radical (unpaired) electrons. The van der Waals surface area contributed by atoms with Crippen LogP contribution in [0, 0.1) is 11.6 Å². The van der Waals surface area contributed by atoms with Gasteiger partial charge < -0.3 is 9.88 Å². The van der Waals surface area contributed by atoms with Gasteiger partial charge >= 0.3 is 5.69 Å². The average molecular weight is 529 g/mol. The van der Waals surface area contributed by atoms with Crippen LogP contribution < -0.4 is 11.2 Å². The summed E-state index contributed by atoms with van der Waals surface area (Å²) in [6.45, 7) is 2.98. The zero-order valence-corrected chi connectivity index (χ0v) is 21.6. The number of nitrogens with one attached hydrogen (secondary N) is 1. The summed E-state index contributed by atoms with van der Waals surface area (Å²) in [5.41, 5.74) is 2.00. The predicted molar refractivity (Wildman–Crippen MR) is 149 cm³/mol. The average Bonchev–Trinajstić information content (AvgIpc) is 3.37. The van der Waals surface area contributed by atoms with Crippen molar-refractivity contribution in [3.63, 3.8) is 0 Å². The number of halogens is 2. The Bertz CT molecular complexity index is 1770. The van der Waals surface area contributed by atoms with Gasteiger partial charge in [-0.05, 0) is 86.7 Å². The van der Waals surface area contributed by atoms with Crippen molar-refractivity contribution in [3.05, 3.63) is 111 Å². The molecule has 8 heteroatoms. The maximum absolute atomic E-state index is 14.7. The molecule has 1 saturated heterocycles. The van der Waals surface area contributed by atoms with Gasteiger partial charge in [-0.1, -0.05) is 24.3 Å². The van der Waals surface area contributed by atoms with E-state index in [1.54, 1.807) is 54.7 Å². The lowest BCUT2D eigenvalue weighted by Crippen LogP contribution is -2.39. The summed E-state index contributed by atoms with van der Waals surface area (Å²) in [5.74, 6) is -0.400. The summed E-state index contributed by atoms with van der Waals surface area (Å²) < 4.78 is 31.2. The molecule has 1 atom stereocenters. The number of hydrogen-bond acceptors (Lipinski definition) is 3. The van der Waals surface area contributed by atoms with Gasteiger partial charge in [0.15, 0.2) is 0 Å². The highest BCUT2D eigenvalue weighted by molar-refractivity contribution is 5.84. The van der Waals surface area contributed by atoms with Gasteiger partial charge in [0.05, 0.1) is 11.1 Å². The van der Waals surface area contributed by atoms with Crippen molar-refractivity contribution in [2.45, 2.75) is 38.1 Å². The van der Waals surface area contributed by atoms with E-state index in [1.165, 1.54) is 21.1 Å². The van der Waals surface area contributed by atoms with Gasteiger partial charge in [-0.3, -0.25) is 13.8 Å². The van der Waals surface area contributed by atoms with E-state index < -0.39 is 17.1 Å². The van der Waals surface area contributed by atoms with Crippen LogP contribution in [0.4, 0.5) is 8.78 Å². The van der Waals surface area contributed by atoms with Gasteiger partial charge in [0.1, 0.15) is 11.6 Å². The van der Waals surface area contributed by atoms with Gasteiger partial charge in [0.2, 0.25) is 0 Å². The highest BCUT2D eigenvalue weighted by atomic mass is 19.1. The van der Waals surface area contributed by atoms with Crippen molar-refractivity contribution in [2.75, 3.05) is 19.6 Å². The second kappa shape index (κ2) is 10.6. The molecule has 2 aromatic carbocycles. The fraction of sp³-hybridized carbons (Fsp3) is 0.290. The SMILES string of the molecule is O=c1c(-c2ccccc2F)c2ccccn2c(=O)n1CCCCN1CCCC(c2c[nH]c3ccc(F)cc23)C1. The fourth-order valence-corrected chi connectivity index (χ4v) is 5.96. The number of hydrogen-bond donors (Lipinski definition) is 1. The minimum Gasteiger partial charge on any atom is -0.361 e. The van der Waals surface area contributed by atoms with Crippen molar-refractivity contribution in [2.24, 2.45) is 0 Å². The van der Waals surface area contributed by atoms with Gasteiger partial charge in [0, 0.05) is 41.9 Å². The Kier molecular flexibility index (Phi) is 6.87. The highest BCUT2D eigenvalue weighted by Gasteiger charge is 2.24. The highest BCUT2D eigenvalue weighted by Crippen LogP contribution is 2.32. The van der Waals surface area contributed by atoms with Gasteiger partial charge in [0.25, 0.3) is 5.56 Å². The standard InChI is InChI=1S/C31H30F2N4O2/c32-22-12-13-27-24(18-22)25(19-34-27)21-8-7-15-35(20-21)14-5-6-17-37-30(38)29(23-9-1-2-10-26(23)33)28-11-3-4-16-36(28)31(37)39/h1-4,9-13,16,18-19,21,34H,5-8,14-15,17,20H2. The third-order valence-electron chi connectivity index (χ3n) is 7.88. The Morgan fingerprint density at radius 2 is 1.77 bits per heavy atom. The first kappa shape index (κ1) is 25.2. The molecular formula is C31H30F2N4O2. The monoisotopic (exact) mass is 528 g/mol. The number of likely N-dealkylation sites (tertiary alicyclic amines) is 1. The van der Waals surface area contributed by atoms with Crippen LogP contribution in [0.3, 0.4) is 0 Å². The number of aromatic nitrogens is 3. The Labute approximate surface area is 224 Å². The molecule has 6 rings (SSSR count). The second-order valence-electron chi connectivity index (χ2n) is 10.3. The molecule has 6 nitrogen and oxygen atoms in total. The van der Waals surface area contributed by atoms with E-state index in [2.05, 4.69) is 9.88 Å². The minimum atomic E-state index is -0.497. The van der Waals surface area contributed by atoms with E-state index in [4.69, 9.17) is 0 Å². The molecule has 39 heavy (non-hydrogen) atoms. The number of pyridine rings is 1. The van der Waals surface area contributed by atoms with Gasteiger partial charge in [-0.25, -0.2) is 13.6 Å². The first-order valence-corrected chi connectivity index (χ1v) is 13.5. The minimum absolute atomic E-state index is 0.191. The Morgan fingerprint density at radius 3 is 2.64 bits per heavy atom. The third kappa shape index (κ3) is 4.81. The largest absolute Gasteiger partial charge is 0.361 e. The van der Waals surface area contributed by atoms with Crippen molar-refractivity contribution in [1.82, 2.24) is 18.9 Å². The molecule has 0 amide bonds. The zero-order chi connectivity index (χ0) is 26.9. The van der Waals surface area contributed by atoms with Crippen molar-refractivity contribution in [3.8, 4) is 11.1 Å². The molecule has 4 heterocycles. The summed E-state index contributed by atoms with van der Waals surface area (Å²) in [7, 11) is 0. The molecule has 1 aliphatic heterocycles. The first-order valence-electron chi connectivity index (χ1n) is 13.5. The van der Waals surface area contributed by atoms with Crippen molar-refractivity contribution in [1.29, 1.82) is 0 Å². The number of piperidine rings is 1. The van der Waals surface area contributed by atoms with E-state index >= 15 is 0 Å². The molecule has 5 aromatic rings. The molecule has 1 N–H and O–H groups in total. The first-order chi connectivity index (χ1) is 19.0. The van der Waals surface area contributed by atoms with Gasteiger partial charge in [-0.2, -0.15) is 0 Å². The Hall–Kier alpha value is -4.04. The Balaban J connectivity index is 1.17. The third-order valence-corrected chi connectivity index (χ3v) is 7.88. The molecule has 1 aliphatic rings. The van der Waals surface area contributed by atoms with Crippen LogP contribution in [0.25, 0.3) is 27.5 Å². The number of unbranched alkanes of at least 4 members (excludes halogenated alkanes) is 1. The van der Waals surface area contributed by atoms with Crippen molar-refractivity contribution >= 4 is 16.4 Å². The van der Waals surface area contributed by atoms with Crippen LogP contribution in [-0.4, -0.2) is 38.5 Å². The van der Waals surface area contributed by atoms with E-state index in [0.717, 1.165) is 55.4 Å². The molecule has 200 valence electrons. The predicted octanol–water partition coefficient (Wildman–Crippen LogP) is 5.55. The van der Waals surface area contributed by atoms with E-state index in [1.807, 2.05) is 6.20 Å². The lowest BCUT2D eigenvalue weighted by atomic mass is 9.90. The molecule has 1 fully saturated rings. The summed E-state index contributed by atoms with van der Waals surface area (Å²) in [4.78, 5) is 32.4. The fourth-order valence-electron chi connectivity index (χ4n) is 5.96. The number of nitrogens with zero attached hydrogens (tertiary/aromatic N) is 3. The normalized spacial score (nSPS) is 16.3. The number of H-pyrrole nitrogens is 1. The zero-order valence-electron chi connectivity index (χ0n) is 21.6. The van der Waals surface area contributed by atoms with Crippen LogP contribution in [0.2, 0.25) is 0 Å². The summed E-state index contributed by atoms with van der Waals surface area (Å²) in [5, 5.41) is 0.948. The molecule has 0 bridgehead atoms. The Morgan fingerprint density at radius 1 is 0.949 bits per heavy atom. The van der Waals surface area contributed by atoms with Crippen LogP contribution in [0.5, 0.6) is 0 Å². The summed E-state index contributed by atoms with van der Waals surface area (Å²) >= 11 is 0. The molecular weight excluding hydrogens is 498 g/mol. The lowest BCUT2D eigenvalue weighted by Gasteiger charge is -2.32. The number of benzene rings is 2. The number of rotatable bonds is 7. The molecule has 0 saturated carbocycles. The smallest absolute Gasteiger partial charge is 0.335 e. The summed E-state index contributed by atoms with van der Waals surface area (Å²) in [6.07, 6.45) is 7.19. The van der Waals surface area contributed by atoms with Crippen LogP contribution in [0.15, 0.2) is 82.6 Å². The maximum atomic E-state index is 14.7. The van der Waals surface area contributed by atoms with Crippen molar-refractivity contribution < 1.29 is 8.78 Å². The maximum Gasteiger partial charge on any atom is 0.335 e. The van der Waals surface area contributed by atoms with Crippen LogP contribution in [0.1, 0.15) is 37.2 Å². The number of fused-ring (bicyclic) bond motifs is 2. The quantitative estimate of drug-likeness (QED) is 0.282. The van der Waals surface area contributed by atoms with Crippen LogP contribution in [-0.2, 0) is 6.54 Å². The summed E-state index contributed by atoms with van der Waals surface area (Å²) in [6, 6.07) is 16.2.